The van der Waals surface area contributed by atoms with Gasteiger partial charge in [0.2, 0.25) is 5.88 Å². The molecule has 3 N–H and O–H groups in total. The van der Waals surface area contributed by atoms with E-state index in [9.17, 15) is 0 Å². The van der Waals surface area contributed by atoms with Crippen molar-refractivity contribution in [1.82, 2.24) is 9.97 Å². The number of aromatic nitrogens is 2. The predicted molar refractivity (Wildman–Crippen MR) is 64.7 cm³/mol. The first-order valence-electron chi connectivity index (χ1n) is 5.41. The van der Waals surface area contributed by atoms with Crippen molar-refractivity contribution in [2.45, 2.75) is 33.2 Å². The fourth-order valence-electron chi connectivity index (χ4n) is 1.21. The number of hydrogen-bond donors (Lipinski definition) is 2. The number of ether oxygens (including phenoxy) is 1. The standard InChI is InChI=1S/C11H20N4O/c1-5-16-10-8(2)9(14-7-15-10)13-6-11(3,4)12/h7H,5-6,12H2,1-4H3,(H,13,14,15). The molecule has 0 saturated carbocycles. The molecule has 0 fully saturated rings. The zero-order valence-electron chi connectivity index (χ0n) is 10.4. The first-order chi connectivity index (χ1) is 7.44. The van der Waals surface area contributed by atoms with E-state index in [0.29, 0.717) is 19.0 Å². The summed E-state index contributed by atoms with van der Waals surface area (Å²) in [7, 11) is 0. The Morgan fingerprint density at radius 2 is 2.12 bits per heavy atom. The SMILES string of the molecule is CCOc1ncnc(NCC(C)(C)N)c1C. The molecular weight excluding hydrogens is 204 g/mol. The summed E-state index contributed by atoms with van der Waals surface area (Å²) in [4.78, 5) is 8.23. The van der Waals surface area contributed by atoms with Gasteiger partial charge in [0.25, 0.3) is 0 Å². The third-order valence-corrected chi connectivity index (χ3v) is 2.03. The smallest absolute Gasteiger partial charge is 0.221 e. The maximum atomic E-state index is 5.89. The van der Waals surface area contributed by atoms with Crippen molar-refractivity contribution in [2.24, 2.45) is 5.73 Å². The average Bonchev–Trinajstić information content (AvgIpc) is 2.18. The Labute approximate surface area is 96.4 Å². The minimum Gasteiger partial charge on any atom is -0.478 e. The summed E-state index contributed by atoms with van der Waals surface area (Å²) in [5.74, 6) is 1.40. The normalized spacial score (nSPS) is 11.3. The van der Waals surface area contributed by atoms with Crippen molar-refractivity contribution in [3.63, 3.8) is 0 Å². The summed E-state index contributed by atoms with van der Waals surface area (Å²) >= 11 is 0. The van der Waals surface area contributed by atoms with Crippen molar-refractivity contribution in [3.05, 3.63) is 11.9 Å². The highest BCUT2D eigenvalue weighted by atomic mass is 16.5. The number of nitrogens with one attached hydrogen (secondary N) is 1. The molecular formula is C11H20N4O. The molecule has 0 saturated heterocycles. The zero-order chi connectivity index (χ0) is 12.2. The minimum atomic E-state index is -0.275. The van der Waals surface area contributed by atoms with Crippen molar-refractivity contribution < 1.29 is 4.74 Å². The van der Waals surface area contributed by atoms with Gasteiger partial charge in [0, 0.05) is 12.1 Å². The van der Waals surface area contributed by atoms with E-state index in [2.05, 4.69) is 15.3 Å². The molecule has 0 aromatic carbocycles. The Morgan fingerprint density at radius 1 is 1.44 bits per heavy atom. The lowest BCUT2D eigenvalue weighted by Gasteiger charge is -2.20. The molecule has 0 amide bonds. The van der Waals surface area contributed by atoms with Gasteiger partial charge in [-0.3, -0.25) is 0 Å². The average molecular weight is 224 g/mol. The predicted octanol–water partition coefficient (Wildman–Crippen LogP) is 1.33. The highest BCUT2D eigenvalue weighted by molar-refractivity contribution is 5.47. The van der Waals surface area contributed by atoms with E-state index in [1.165, 1.54) is 6.33 Å². The monoisotopic (exact) mass is 224 g/mol. The molecule has 90 valence electrons. The zero-order valence-corrected chi connectivity index (χ0v) is 10.4. The summed E-state index contributed by atoms with van der Waals surface area (Å²) in [5.41, 5.74) is 6.53. The Hall–Kier alpha value is -1.36. The van der Waals surface area contributed by atoms with Crippen molar-refractivity contribution in [3.8, 4) is 5.88 Å². The van der Waals surface area contributed by atoms with Gasteiger partial charge in [0.05, 0.1) is 12.2 Å². The molecule has 5 nitrogen and oxygen atoms in total. The maximum absolute atomic E-state index is 5.89. The number of nitrogens with two attached hydrogens (primary N) is 1. The van der Waals surface area contributed by atoms with Crippen LogP contribution < -0.4 is 15.8 Å². The second kappa shape index (κ2) is 5.12. The van der Waals surface area contributed by atoms with E-state index in [-0.39, 0.29) is 5.54 Å². The van der Waals surface area contributed by atoms with Crippen LogP contribution in [0.1, 0.15) is 26.3 Å². The summed E-state index contributed by atoms with van der Waals surface area (Å²) in [5, 5.41) is 3.20. The lowest BCUT2D eigenvalue weighted by atomic mass is 10.1. The highest BCUT2D eigenvalue weighted by Crippen LogP contribution is 2.20. The fraction of sp³-hybridized carbons (Fsp3) is 0.636. The minimum absolute atomic E-state index is 0.275. The van der Waals surface area contributed by atoms with Crippen LogP contribution in [-0.2, 0) is 0 Å². The van der Waals surface area contributed by atoms with Crippen LogP contribution in [0.5, 0.6) is 5.88 Å². The molecule has 0 aliphatic rings. The van der Waals surface area contributed by atoms with Crippen LogP contribution in [0.25, 0.3) is 0 Å². The number of nitrogens with zero attached hydrogens (tertiary/aromatic N) is 2. The Morgan fingerprint density at radius 3 is 2.69 bits per heavy atom. The van der Waals surface area contributed by atoms with Crippen LogP contribution in [0.3, 0.4) is 0 Å². The fourth-order valence-corrected chi connectivity index (χ4v) is 1.21. The summed E-state index contributed by atoms with van der Waals surface area (Å²) in [6, 6.07) is 0. The van der Waals surface area contributed by atoms with Gasteiger partial charge in [0.1, 0.15) is 12.1 Å². The van der Waals surface area contributed by atoms with Crippen LogP contribution in [0.4, 0.5) is 5.82 Å². The first kappa shape index (κ1) is 12.7. The van der Waals surface area contributed by atoms with E-state index < -0.39 is 0 Å². The van der Waals surface area contributed by atoms with E-state index in [1.807, 2.05) is 27.7 Å². The summed E-state index contributed by atoms with van der Waals surface area (Å²) < 4.78 is 5.39. The Balaban J connectivity index is 2.77. The topological polar surface area (TPSA) is 73.1 Å². The van der Waals surface area contributed by atoms with Gasteiger partial charge in [0.15, 0.2) is 0 Å². The third-order valence-electron chi connectivity index (χ3n) is 2.03. The number of rotatable bonds is 5. The molecule has 0 bridgehead atoms. The van der Waals surface area contributed by atoms with Gasteiger partial charge in [-0.1, -0.05) is 0 Å². The lowest BCUT2D eigenvalue weighted by molar-refractivity contribution is 0.324. The van der Waals surface area contributed by atoms with Gasteiger partial charge in [-0.25, -0.2) is 9.97 Å². The second-order valence-corrected chi connectivity index (χ2v) is 4.43. The van der Waals surface area contributed by atoms with Crippen LogP contribution in [0.15, 0.2) is 6.33 Å². The Kier molecular flexibility index (Phi) is 4.06. The highest BCUT2D eigenvalue weighted by Gasteiger charge is 2.13. The van der Waals surface area contributed by atoms with E-state index in [0.717, 1.165) is 11.4 Å². The molecule has 0 unspecified atom stereocenters. The van der Waals surface area contributed by atoms with Gasteiger partial charge in [-0.05, 0) is 27.7 Å². The van der Waals surface area contributed by atoms with Crippen LogP contribution in [-0.4, -0.2) is 28.7 Å². The number of hydrogen-bond acceptors (Lipinski definition) is 5. The summed E-state index contributed by atoms with van der Waals surface area (Å²) in [6.07, 6.45) is 1.49. The van der Waals surface area contributed by atoms with Crippen LogP contribution in [0, 0.1) is 6.92 Å². The maximum Gasteiger partial charge on any atom is 0.221 e. The van der Waals surface area contributed by atoms with Crippen molar-refractivity contribution in [1.29, 1.82) is 0 Å². The molecule has 1 aromatic rings. The van der Waals surface area contributed by atoms with Gasteiger partial charge < -0.3 is 15.8 Å². The van der Waals surface area contributed by atoms with Crippen LogP contribution in [0.2, 0.25) is 0 Å². The van der Waals surface area contributed by atoms with Gasteiger partial charge >= 0.3 is 0 Å². The lowest BCUT2D eigenvalue weighted by Crippen LogP contribution is -2.39. The Bertz CT molecular complexity index is 346. The van der Waals surface area contributed by atoms with Crippen molar-refractivity contribution >= 4 is 5.82 Å². The summed E-state index contributed by atoms with van der Waals surface area (Å²) in [6.45, 7) is 9.02. The van der Waals surface area contributed by atoms with Gasteiger partial charge in [-0.2, -0.15) is 0 Å². The molecule has 0 aliphatic heterocycles. The molecule has 0 aliphatic carbocycles. The molecule has 1 heterocycles. The van der Waals surface area contributed by atoms with Gasteiger partial charge in [-0.15, -0.1) is 0 Å². The second-order valence-electron chi connectivity index (χ2n) is 4.43. The molecule has 1 rings (SSSR count). The molecule has 0 radical (unpaired) electrons. The van der Waals surface area contributed by atoms with Crippen molar-refractivity contribution in [2.75, 3.05) is 18.5 Å². The van der Waals surface area contributed by atoms with Crippen LogP contribution >= 0.6 is 0 Å². The van der Waals surface area contributed by atoms with E-state index in [1.54, 1.807) is 0 Å². The molecule has 0 atom stereocenters. The first-order valence-corrected chi connectivity index (χ1v) is 5.41. The molecule has 5 heteroatoms. The number of anilines is 1. The van der Waals surface area contributed by atoms with E-state index in [4.69, 9.17) is 10.5 Å². The molecule has 1 aromatic heterocycles. The third kappa shape index (κ3) is 3.66. The molecule has 16 heavy (non-hydrogen) atoms. The molecule has 0 spiro atoms. The quantitative estimate of drug-likeness (QED) is 0.789. The largest absolute Gasteiger partial charge is 0.478 e. The van der Waals surface area contributed by atoms with E-state index >= 15 is 0 Å².